The predicted molar refractivity (Wildman–Crippen MR) is 536 cm³/mol. The Bertz CT molecular complexity index is 8640. The van der Waals surface area contributed by atoms with Crippen LogP contribution in [0.4, 0.5) is 68.2 Å². The third-order valence-corrected chi connectivity index (χ3v) is 24.0. The second-order valence-corrected chi connectivity index (χ2v) is 32.4. The smallest absolute Gasteiger partial charge is 0.513 e. The number of para-hydroxylation sites is 12. The number of fused-ring (bicyclic) bond motifs is 12. The van der Waals surface area contributed by atoms with Gasteiger partial charge in [-0.3, -0.25) is 23.4 Å². The Hall–Kier alpha value is -16.7. The Balaban J connectivity index is 0.000000111. The van der Waals surface area contributed by atoms with E-state index >= 15 is 0 Å². The molecule has 8 aromatic heterocycles. The number of nitrogens with zero attached hydrogens (tertiary/aromatic N) is 17. The second-order valence-electron chi connectivity index (χ2n) is 32.4. The molecule has 0 saturated carbocycles. The van der Waals surface area contributed by atoms with Gasteiger partial charge in [-0.15, -0.1) is 163 Å². The van der Waals surface area contributed by atoms with Gasteiger partial charge in [-0.05, 0) is 154 Å². The Labute approximate surface area is 873 Å². The number of benzene rings is 16. The molecule has 0 fully saturated rings. The first-order valence-electron chi connectivity index (χ1n) is 44.6. The van der Waals surface area contributed by atoms with Gasteiger partial charge in [0.2, 0.25) is 0 Å². The molecule has 0 amide bonds. The number of rotatable bonds is 12. The van der Waals surface area contributed by atoms with Gasteiger partial charge in [0.25, 0.3) is 0 Å². The first-order chi connectivity index (χ1) is 68.4. The van der Waals surface area contributed by atoms with Gasteiger partial charge in [0.1, 0.15) is 23.0 Å². The summed E-state index contributed by atoms with van der Waals surface area (Å²) in [6.45, 7) is 0. The van der Waals surface area contributed by atoms with Crippen LogP contribution in [0, 0.1) is 54.7 Å². The van der Waals surface area contributed by atoms with E-state index in [-0.39, 0.29) is 84.3 Å². The van der Waals surface area contributed by atoms with Crippen molar-refractivity contribution >= 4 is 112 Å². The van der Waals surface area contributed by atoms with Crippen molar-refractivity contribution in [1.82, 2.24) is 63.4 Å². The van der Waals surface area contributed by atoms with Crippen LogP contribution in [-0.4, -0.2) is 63.4 Å². The zero-order valence-corrected chi connectivity index (χ0v) is 83.5. The van der Waals surface area contributed by atoms with Crippen LogP contribution in [0.25, 0.3) is 100 Å². The van der Waals surface area contributed by atoms with E-state index in [1.165, 1.54) is 0 Å². The molecule has 0 saturated heterocycles. The molecule has 0 spiro atoms. The van der Waals surface area contributed by atoms with Crippen LogP contribution in [0.1, 0.15) is 0 Å². The molecule has 0 aliphatic carbocycles. The van der Waals surface area contributed by atoms with Gasteiger partial charge >= 0.3 is 63.2 Å². The third kappa shape index (κ3) is 17.4. The monoisotopic (exact) mass is 2560 g/mol. The molecule has 24 aromatic rings. The fourth-order valence-electron chi connectivity index (χ4n) is 17.6. The minimum Gasteiger partial charge on any atom is -0.513 e. The molecule has 16 aromatic carbocycles. The van der Waals surface area contributed by atoms with Gasteiger partial charge in [-0.25, -0.2) is 0 Å². The largest absolute Gasteiger partial charge is 2.00 e. The molecule has 28 rings (SSSR count). The van der Waals surface area contributed by atoms with Crippen molar-refractivity contribution < 1.29 is 103 Å². The zero-order valence-electron chi connectivity index (χ0n) is 74.4. The van der Waals surface area contributed by atoms with E-state index in [0.29, 0.717) is 0 Å². The normalized spacial score (nSPS) is 11.9. The molecule has 0 bridgehead atoms. The summed E-state index contributed by atoms with van der Waals surface area (Å²) in [5, 5.41) is 27.2. The Morgan fingerprint density at radius 3 is 0.930 bits per heavy atom. The number of ether oxygens (including phenoxy) is 4. The molecule has 690 valence electrons. The van der Waals surface area contributed by atoms with Crippen LogP contribution < -0.4 is 38.5 Å². The SMILES string of the molecule is [Pt+2].[Pt+2].[Pt+2].[Pt].[c-]1c(-c2ccccn2)cccc1N1c2[c-]c(-n3ncc4ccccc43)ccc2Oc2ccccc21.[c-]1c(N2c3[c-]c(-c4ccccn4)ccc3Oc3ccccc32)cccc1-n1ncc2ccccc21.[c-]1c(N2c3[c-]c(-n4cccn4)ccc3Oc3ccccc32)cccc1-n1ncc2ccccc21.[c-]1c(N2c3[c-]c(-n4ncc5ccccc54)ccc3Oc3ccccc32)cccc1-n1[c-]ccc1. The van der Waals surface area contributed by atoms with Crippen molar-refractivity contribution in [2.24, 2.45) is 0 Å². The van der Waals surface area contributed by atoms with Crippen molar-refractivity contribution in [3.8, 4) is 103 Å². The average Bonchev–Trinajstić information content (AvgIpc) is 0.992. The van der Waals surface area contributed by atoms with Crippen LogP contribution in [0.15, 0.2) is 426 Å². The Morgan fingerprint density at radius 1 is 0.218 bits per heavy atom. The Kier molecular flexibility index (Phi) is 25.9. The zero-order chi connectivity index (χ0) is 91.4. The van der Waals surface area contributed by atoms with Crippen molar-refractivity contribution in [1.29, 1.82) is 0 Å². The Morgan fingerprint density at radius 2 is 0.542 bits per heavy atom. The van der Waals surface area contributed by atoms with Crippen LogP contribution in [0.3, 0.4) is 0 Å². The third-order valence-electron chi connectivity index (χ3n) is 24.0. The molecule has 142 heavy (non-hydrogen) atoms. The minimum absolute atomic E-state index is 0. The summed E-state index contributed by atoms with van der Waals surface area (Å²) in [7, 11) is 0. The fourth-order valence-corrected chi connectivity index (χ4v) is 17.6. The van der Waals surface area contributed by atoms with E-state index in [4.69, 9.17) is 18.9 Å². The molecule has 12 heterocycles. The van der Waals surface area contributed by atoms with Crippen LogP contribution >= 0.6 is 0 Å². The van der Waals surface area contributed by atoms with Crippen molar-refractivity contribution in [2.75, 3.05) is 19.6 Å². The summed E-state index contributed by atoms with van der Waals surface area (Å²) in [6.07, 6.45) is 19.9. The van der Waals surface area contributed by atoms with E-state index < -0.39 is 0 Å². The summed E-state index contributed by atoms with van der Waals surface area (Å²) < 4.78 is 36.4. The van der Waals surface area contributed by atoms with Crippen LogP contribution in [-0.2, 0) is 84.3 Å². The second kappa shape index (κ2) is 40.0. The van der Waals surface area contributed by atoms with E-state index in [9.17, 15) is 0 Å². The average molecular weight is 2560 g/mol. The maximum absolute atomic E-state index is 6.28. The molecule has 0 radical (unpaired) electrons. The summed E-state index contributed by atoms with van der Waals surface area (Å²) in [4.78, 5) is 17.5. The van der Waals surface area contributed by atoms with E-state index in [0.717, 1.165) is 214 Å². The molecule has 4 aliphatic heterocycles. The van der Waals surface area contributed by atoms with E-state index in [1.807, 2.05) is 382 Å². The van der Waals surface area contributed by atoms with E-state index in [2.05, 4.69) is 158 Å². The molecular weight excluding hydrogens is 2490 g/mol. The van der Waals surface area contributed by atoms with E-state index in [1.54, 1.807) is 23.3 Å². The van der Waals surface area contributed by atoms with Crippen LogP contribution in [0.2, 0.25) is 0 Å². The number of hydrogen-bond acceptors (Lipinski definition) is 15. The number of hydrogen-bond donors (Lipinski definition) is 0. The summed E-state index contributed by atoms with van der Waals surface area (Å²) in [6, 6.07) is 151. The summed E-state index contributed by atoms with van der Waals surface area (Å²) in [5.41, 5.74) is 23.2. The molecule has 4 aliphatic rings. The fraction of sp³-hybridized carbons (Fsp3) is 0. The summed E-state index contributed by atoms with van der Waals surface area (Å²) in [5.74, 6) is 6.02. The molecular formula is C117H70N17O4Pt4-3. The number of aromatic nitrogens is 13. The topological polar surface area (TPSA) is 170 Å². The van der Waals surface area contributed by atoms with Crippen molar-refractivity contribution in [3.05, 3.63) is 481 Å². The molecule has 0 atom stereocenters. The van der Waals surface area contributed by atoms with Gasteiger partial charge in [0.15, 0.2) is 0 Å². The van der Waals surface area contributed by atoms with Gasteiger partial charge in [0, 0.05) is 90.3 Å². The maximum atomic E-state index is 6.28. The van der Waals surface area contributed by atoms with Gasteiger partial charge in [-0.2, -0.15) is 67.6 Å². The predicted octanol–water partition coefficient (Wildman–Crippen LogP) is 27.7. The standard InChI is InChI=1S/2C30H18N4O.C29H17N4O.C28H17N5O.4Pt/c1-2-12-26-22(8-1)20-32-34(26)24-10-7-9-23(19-24)33-27-13-3-4-14-29(27)35-30-16-15-21(18-28(30)33)25-11-5-6-17-31-25;1-2-12-26-22(8-1)20-32-34(26)24-15-16-30-28(19-24)33(27-13-3-4-14-29(27)35-30)23-10-7-9-21(18-23)25-11-5-6-17-31-25;1-2-11-25-21(8-1)20-30-33(25)24-14-15-29-27(19-24)32(26-12-3-4-13-28(26)34-29)23-10-7-9-22(18-23)31-16-5-6-17-31;1-2-10-24-20(7-1)19-30-33(24)23-9-5-8-22(17-23)32-25-11-3-4-12-27(25)34-28-14-13-21(18-26(28)32)31-16-6-15-29-31;;;;/h2*1-17,20H;1-16,20H;1-16,19H;;;;/q2*-2;-3;-2;;3*+2. The first kappa shape index (κ1) is 91.7. The quantitative estimate of drug-likeness (QED) is 0.106. The molecule has 0 unspecified atom stereocenters. The van der Waals surface area contributed by atoms with Crippen molar-refractivity contribution in [2.45, 2.75) is 0 Å². The number of anilines is 12. The number of pyridine rings is 2. The summed E-state index contributed by atoms with van der Waals surface area (Å²) >= 11 is 0. The molecule has 21 nitrogen and oxygen atoms in total. The van der Waals surface area contributed by atoms with Crippen LogP contribution in [0.5, 0.6) is 46.0 Å². The minimum atomic E-state index is 0. The maximum Gasteiger partial charge on any atom is 2.00 e. The molecule has 25 heteroatoms. The van der Waals surface area contributed by atoms with Gasteiger partial charge in [0.05, 0.1) is 75.4 Å². The van der Waals surface area contributed by atoms with Crippen molar-refractivity contribution in [3.63, 3.8) is 0 Å². The van der Waals surface area contributed by atoms with Gasteiger partial charge < -0.3 is 53.1 Å². The molecule has 0 N–H and O–H groups in total. The van der Waals surface area contributed by atoms with Gasteiger partial charge in [-0.1, -0.05) is 169 Å². The first-order valence-corrected chi connectivity index (χ1v) is 44.6.